The number of hydrogen-bond donors (Lipinski definition) is 1. The van der Waals surface area contributed by atoms with Crippen LogP contribution in [0.1, 0.15) is 41.7 Å². The molecule has 3 rings (SSSR count). The maximum atomic E-state index is 12.9. The number of likely N-dealkylation sites (tertiary alicyclic amines) is 1. The Kier molecular flexibility index (Phi) is 4.71. The zero-order chi connectivity index (χ0) is 16.2. The van der Waals surface area contributed by atoms with Crippen LogP contribution in [-0.4, -0.2) is 49.9 Å². The van der Waals surface area contributed by atoms with Gasteiger partial charge in [0.05, 0.1) is 17.5 Å². The molecule has 2 aromatic rings. The molecule has 1 atom stereocenters. The van der Waals surface area contributed by atoms with E-state index in [0.29, 0.717) is 11.4 Å². The van der Waals surface area contributed by atoms with E-state index >= 15 is 0 Å². The van der Waals surface area contributed by atoms with Crippen molar-refractivity contribution < 1.29 is 9.90 Å². The molecule has 0 aliphatic carbocycles. The van der Waals surface area contributed by atoms with Gasteiger partial charge >= 0.3 is 0 Å². The molecule has 6 nitrogen and oxygen atoms in total. The van der Waals surface area contributed by atoms with E-state index in [4.69, 9.17) is 5.11 Å². The molecule has 3 heterocycles. The fourth-order valence-corrected chi connectivity index (χ4v) is 3.21. The van der Waals surface area contributed by atoms with E-state index in [-0.39, 0.29) is 18.6 Å². The highest BCUT2D eigenvalue weighted by Crippen LogP contribution is 2.25. The highest BCUT2D eigenvalue weighted by atomic mass is 16.3. The number of rotatable bonds is 5. The third-order valence-electron chi connectivity index (χ3n) is 4.44. The predicted molar refractivity (Wildman–Crippen MR) is 86.5 cm³/mol. The first-order valence-electron chi connectivity index (χ1n) is 8.10. The molecule has 122 valence electrons. The van der Waals surface area contributed by atoms with E-state index in [1.165, 1.54) is 0 Å². The number of hydrogen-bond acceptors (Lipinski definition) is 4. The molecule has 1 N–H and O–H groups in total. The molecule has 2 aromatic heterocycles. The summed E-state index contributed by atoms with van der Waals surface area (Å²) < 4.78 is 1.70. The molecule has 1 aliphatic rings. The van der Waals surface area contributed by atoms with Crippen molar-refractivity contribution in [3.05, 3.63) is 41.9 Å². The molecule has 1 aliphatic heterocycles. The minimum absolute atomic E-state index is 0.0325. The largest absolute Gasteiger partial charge is 0.396 e. The van der Waals surface area contributed by atoms with Gasteiger partial charge in [-0.05, 0) is 44.7 Å². The number of aromatic nitrogens is 3. The van der Waals surface area contributed by atoms with Crippen LogP contribution in [0.25, 0.3) is 5.82 Å². The molecule has 1 amide bonds. The van der Waals surface area contributed by atoms with Gasteiger partial charge in [-0.3, -0.25) is 4.79 Å². The molecule has 0 spiro atoms. The first kappa shape index (κ1) is 15.7. The van der Waals surface area contributed by atoms with Gasteiger partial charge in [-0.25, -0.2) is 9.67 Å². The van der Waals surface area contributed by atoms with Crippen LogP contribution in [0.2, 0.25) is 0 Å². The van der Waals surface area contributed by atoms with Crippen LogP contribution < -0.4 is 0 Å². The first-order chi connectivity index (χ1) is 11.2. The molecule has 0 aromatic carbocycles. The summed E-state index contributed by atoms with van der Waals surface area (Å²) in [6.45, 7) is 2.85. The molecular formula is C17H22N4O2. The van der Waals surface area contributed by atoms with Crippen molar-refractivity contribution in [1.82, 2.24) is 19.7 Å². The Hall–Kier alpha value is -2.21. The molecule has 0 saturated carbocycles. The fraction of sp³-hybridized carbons (Fsp3) is 0.471. The predicted octanol–water partition coefficient (Wildman–Crippen LogP) is 1.95. The van der Waals surface area contributed by atoms with Gasteiger partial charge in [0, 0.05) is 25.4 Å². The molecule has 1 fully saturated rings. The smallest absolute Gasteiger partial charge is 0.257 e. The Morgan fingerprint density at radius 2 is 2.30 bits per heavy atom. The van der Waals surface area contributed by atoms with Crippen molar-refractivity contribution in [3.63, 3.8) is 0 Å². The number of aliphatic hydroxyl groups is 1. The number of pyridine rings is 1. The zero-order valence-electron chi connectivity index (χ0n) is 13.4. The van der Waals surface area contributed by atoms with Crippen molar-refractivity contribution in [2.75, 3.05) is 13.2 Å². The summed E-state index contributed by atoms with van der Waals surface area (Å²) in [5, 5.41) is 13.4. The maximum Gasteiger partial charge on any atom is 0.257 e. The van der Waals surface area contributed by atoms with E-state index in [2.05, 4.69) is 10.1 Å². The monoisotopic (exact) mass is 314 g/mol. The zero-order valence-corrected chi connectivity index (χ0v) is 13.4. The van der Waals surface area contributed by atoms with Crippen LogP contribution in [0, 0.1) is 6.92 Å². The normalized spacial score (nSPS) is 17.7. The highest BCUT2D eigenvalue weighted by molar-refractivity contribution is 5.95. The lowest BCUT2D eigenvalue weighted by Crippen LogP contribution is -2.35. The second-order valence-corrected chi connectivity index (χ2v) is 5.90. The van der Waals surface area contributed by atoms with Gasteiger partial charge in [0.15, 0.2) is 5.82 Å². The summed E-state index contributed by atoms with van der Waals surface area (Å²) >= 11 is 0. The topological polar surface area (TPSA) is 71.2 Å². The maximum absolute atomic E-state index is 12.9. The highest BCUT2D eigenvalue weighted by Gasteiger charge is 2.30. The molecular weight excluding hydrogens is 292 g/mol. The minimum atomic E-state index is 0.0325. The molecule has 0 bridgehead atoms. The SMILES string of the molecule is Cc1c(C(=O)N2CCCC2CCCO)cnn1-c1ccccn1. The first-order valence-corrected chi connectivity index (χ1v) is 8.10. The lowest BCUT2D eigenvalue weighted by Gasteiger charge is -2.24. The van der Waals surface area contributed by atoms with E-state index in [0.717, 1.165) is 37.9 Å². The standard InChI is InChI=1S/C17H22N4O2/c1-13-15(12-19-21(13)16-8-2-3-9-18-16)17(23)20-10-4-6-14(20)7-5-11-22/h2-3,8-9,12,14,22H,4-7,10-11H2,1H3. The third-order valence-corrected chi connectivity index (χ3v) is 4.44. The van der Waals surface area contributed by atoms with Crippen LogP contribution >= 0.6 is 0 Å². The van der Waals surface area contributed by atoms with E-state index < -0.39 is 0 Å². The average molecular weight is 314 g/mol. The quantitative estimate of drug-likeness (QED) is 0.915. The molecule has 1 unspecified atom stereocenters. The molecule has 6 heteroatoms. The minimum Gasteiger partial charge on any atom is -0.396 e. The van der Waals surface area contributed by atoms with Crippen molar-refractivity contribution >= 4 is 5.91 Å². The summed E-state index contributed by atoms with van der Waals surface area (Å²) in [5.41, 5.74) is 1.44. The average Bonchev–Trinajstić information content (AvgIpc) is 3.19. The summed E-state index contributed by atoms with van der Waals surface area (Å²) in [5.74, 6) is 0.743. The van der Waals surface area contributed by atoms with Crippen LogP contribution in [0.3, 0.4) is 0 Å². The molecule has 23 heavy (non-hydrogen) atoms. The van der Waals surface area contributed by atoms with Crippen molar-refractivity contribution in [2.24, 2.45) is 0 Å². The Balaban J connectivity index is 1.82. The van der Waals surface area contributed by atoms with E-state index in [1.54, 1.807) is 17.1 Å². The van der Waals surface area contributed by atoms with Crippen molar-refractivity contribution in [2.45, 2.75) is 38.6 Å². The fourth-order valence-electron chi connectivity index (χ4n) is 3.21. The lowest BCUT2D eigenvalue weighted by atomic mass is 10.1. The second-order valence-electron chi connectivity index (χ2n) is 5.90. The van der Waals surface area contributed by atoms with Crippen LogP contribution in [0.15, 0.2) is 30.6 Å². The number of aliphatic hydroxyl groups excluding tert-OH is 1. The van der Waals surface area contributed by atoms with E-state index in [9.17, 15) is 4.79 Å². The second kappa shape index (κ2) is 6.91. The van der Waals surface area contributed by atoms with E-state index in [1.807, 2.05) is 30.0 Å². The van der Waals surface area contributed by atoms with Gasteiger partial charge in [-0.15, -0.1) is 0 Å². The van der Waals surface area contributed by atoms with Crippen LogP contribution in [-0.2, 0) is 0 Å². The summed E-state index contributed by atoms with van der Waals surface area (Å²) in [7, 11) is 0. The Bertz CT molecular complexity index is 668. The molecule has 1 saturated heterocycles. The Morgan fingerprint density at radius 3 is 3.04 bits per heavy atom. The number of carbonyl (C=O) groups is 1. The third kappa shape index (κ3) is 3.12. The van der Waals surface area contributed by atoms with Crippen LogP contribution in [0.5, 0.6) is 0 Å². The van der Waals surface area contributed by atoms with Gasteiger partial charge in [-0.1, -0.05) is 6.07 Å². The lowest BCUT2D eigenvalue weighted by molar-refractivity contribution is 0.0723. The van der Waals surface area contributed by atoms with Gasteiger partial charge in [0.1, 0.15) is 0 Å². The van der Waals surface area contributed by atoms with Crippen molar-refractivity contribution in [3.8, 4) is 5.82 Å². The summed E-state index contributed by atoms with van der Waals surface area (Å²) in [6.07, 6.45) is 6.97. The Morgan fingerprint density at radius 1 is 1.43 bits per heavy atom. The van der Waals surface area contributed by atoms with Gasteiger partial charge in [-0.2, -0.15) is 5.10 Å². The number of amides is 1. The van der Waals surface area contributed by atoms with Crippen molar-refractivity contribution in [1.29, 1.82) is 0 Å². The van der Waals surface area contributed by atoms with Crippen LogP contribution in [0.4, 0.5) is 0 Å². The summed E-state index contributed by atoms with van der Waals surface area (Å²) in [6, 6.07) is 5.85. The van der Waals surface area contributed by atoms with Gasteiger partial charge in [0.2, 0.25) is 0 Å². The number of nitrogens with zero attached hydrogens (tertiary/aromatic N) is 4. The number of carbonyl (C=O) groups excluding carboxylic acids is 1. The molecule has 0 radical (unpaired) electrons. The van der Waals surface area contributed by atoms with Gasteiger partial charge in [0.25, 0.3) is 5.91 Å². The Labute approximate surface area is 135 Å². The summed E-state index contributed by atoms with van der Waals surface area (Å²) in [4.78, 5) is 19.1. The van der Waals surface area contributed by atoms with Gasteiger partial charge < -0.3 is 10.0 Å².